The molecule has 0 radical (unpaired) electrons. The summed E-state index contributed by atoms with van der Waals surface area (Å²) in [6, 6.07) is 8.06. The number of hydrogen-bond acceptors (Lipinski definition) is 4. The molecule has 2 rings (SSSR count). The van der Waals surface area contributed by atoms with Gasteiger partial charge in [-0.1, -0.05) is 0 Å². The minimum absolute atomic E-state index is 0.252. The normalized spacial score (nSPS) is 11.5. The molecule has 7 heteroatoms. The Kier molecular flexibility index (Phi) is 3.76. The Balaban J connectivity index is 2.23. The van der Waals surface area contributed by atoms with Crippen LogP contribution in [0.15, 0.2) is 46.0 Å². The fraction of sp³-hybridized carbons (Fsp3) is 0. The Hall–Kier alpha value is -0.972. The third-order valence-electron chi connectivity index (χ3n) is 2.03. The minimum atomic E-state index is -3.50. The van der Waals surface area contributed by atoms with Gasteiger partial charge in [-0.15, -0.1) is 0 Å². The Morgan fingerprint density at radius 1 is 1.12 bits per heavy atom. The van der Waals surface area contributed by atoms with Crippen molar-refractivity contribution < 1.29 is 12.2 Å². The summed E-state index contributed by atoms with van der Waals surface area (Å²) in [6.07, 6.45) is 0. The average Bonchev–Trinajstić information content (AvgIpc) is 2.84. The fourth-order valence-corrected chi connectivity index (χ4v) is 3.86. The summed E-state index contributed by atoms with van der Waals surface area (Å²) >= 11 is 0.258. The first-order valence-electron chi connectivity index (χ1n) is 4.60. The number of sulfonamides is 1. The Morgan fingerprint density at radius 3 is 2.35 bits per heavy atom. The van der Waals surface area contributed by atoms with Crippen LogP contribution in [0.5, 0.6) is 0 Å². The molecule has 1 aromatic heterocycles. The summed E-state index contributed by atoms with van der Waals surface area (Å²) in [7, 11) is -3.50. The number of rotatable bonds is 4. The van der Waals surface area contributed by atoms with Gasteiger partial charge in [0.25, 0.3) is 0 Å². The molecule has 0 spiro atoms. The predicted octanol–water partition coefficient (Wildman–Crippen LogP) is 1.22. The van der Waals surface area contributed by atoms with E-state index in [1.54, 1.807) is 41.1 Å². The second-order valence-electron chi connectivity index (χ2n) is 3.20. The van der Waals surface area contributed by atoms with E-state index in [0.29, 0.717) is 5.69 Å². The first kappa shape index (κ1) is 12.5. The van der Waals surface area contributed by atoms with Gasteiger partial charge in [-0.25, -0.2) is 0 Å². The summed E-state index contributed by atoms with van der Waals surface area (Å²) in [6.45, 7) is 0. The molecule has 2 aromatic rings. The molecule has 1 N–H and O–H groups in total. The van der Waals surface area contributed by atoms with Gasteiger partial charge < -0.3 is 0 Å². The standard InChI is InChI=1S/C10H8AsNO3S2/c13-11-8-1-3-9(4-2-8)12-17(14,15)10-5-6-16-7-10/h1-7,12H. The average molecular weight is 329 g/mol. The van der Waals surface area contributed by atoms with E-state index in [0.717, 1.165) is 4.35 Å². The van der Waals surface area contributed by atoms with Crippen LogP contribution in [0.1, 0.15) is 0 Å². The molecule has 0 saturated heterocycles. The molecule has 0 aliphatic carbocycles. The van der Waals surface area contributed by atoms with Crippen LogP contribution in [0, 0.1) is 0 Å². The molecule has 0 amide bonds. The molecule has 88 valence electrons. The van der Waals surface area contributed by atoms with Crippen molar-refractivity contribution in [2.45, 2.75) is 4.90 Å². The summed E-state index contributed by atoms with van der Waals surface area (Å²) in [5.41, 5.74) is 0.467. The zero-order valence-corrected chi connectivity index (χ0v) is 12.0. The second kappa shape index (κ2) is 5.12. The zero-order valence-electron chi connectivity index (χ0n) is 8.53. The molecule has 0 unspecified atom stereocenters. The number of benzene rings is 1. The molecule has 1 heterocycles. The third-order valence-corrected chi connectivity index (χ3v) is 5.31. The molecular weight excluding hydrogens is 321 g/mol. The van der Waals surface area contributed by atoms with Crippen LogP contribution in [0.25, 0.3) is 0 Å². The van der Waals surface area contributed by atoms with E-state index in [1.165, 1.54) is 11.3 Å². The van der Waals surface area contributed by atoms with E-state index in [4.69, 9.17) is 0 Å². The number of hydrogen-bond donors (Lipinski definition) is 1. The maximum absolute atomic E-state index is 11.9. The number of thiophene rings is 1. The van der Waals surface area contributed by atoms with Crippen molar-refractivity contribution in [3.05, 3.63) is 41.1 Å². The first-order chi connectivity index (χ1) is 8.12. The van der Waals surface area contributed by atoms with E-state index in [-0.39, 0.29) is 4.90 Å². The molecular formula is C10H8AsNO3S2. The molecule has 4 nitrogen and oxygen atoms in total. The van der Waals surface area contributed by atoms with Crippen LogP contribution in [0.4, 0.5) is 5.69 Å². The van der Waals surface area contributed by atoms with Gasteiger partial charge >= 0.3 is 110 Å². The maximum atomic E-state index is 11.9. The SMILES string of the molecule is O=[As]c1ccc(NS(=O)(=O)c2ccsc2)cc1. The Labute approximate surface area is 110 Å². The molecule has 0 fully saturated rings. The monoisotopic (exact) mass is 329 g/mol. The van der Waals surface area contributed by atoms with Crippen molar-refractivity contribution in [2.24, 2.45) is 0 Å². The van der Waals surface area contributed by atoms with Gasteiger partial charge in [0.15, 0.2) is 0 Å². The van der Waals surface area contributed by atoms with Gasteiger partial charge in [-0.05, 0) is 0 Å². The van der Waals surface area contributed by atoms with E-state index in [2.05, 4.69) is 4.72 Å². The molecule has 1 aromatic carbocycles. The van der Waals surface area contributed by atoms with Gasteiger partial charge in [0.1, 0.15) is 0 Å². The van der Waals surface area contributed by atoms with Crippen LogP contribution in [0.3, 0.4) is 0 Å². The van der Waals surface area contributed by atoms with Crippen LogP contribution >= 0.6 is 11.3 Å². The Morgan fingerprint density at radius 2 is 1.82 bits per heavy atom. The summed E-state index contributed by atoms with van der Waals surface area (Å²) in [5.74, 6) is 0. The van der Waals surface area contributed by atoms with Gasteiger partial charge in [0.2, 0.25) is 0 Å². The molecule has 17 heavy (non-hydrogen) atoms. The van der Waals surface area contributed by atoms with E-state index in [9.17, 15) is 12.2 Å². The van der Waals surface area contributed by atoms with Gasteiger partial charge in [0.05, 0.1) is 0 Å². The first-order valence-corrected chi connectivity index (χ1v) is 8.73. The van der Waals surface area contributed by atoms with Crippen LogP contribution in [0.2, 0.25) is 0 Å². The zero-order chi connectivity index (χ0) is 12.3. The summed E-state index contributed by atoms with van der Waals surface area (Å²) in [5, 5.41) is 3.28. The van der Waals surface area contributed by atoms with Crippen molar-refractivity contribution in [1.82, 2.24) is 0 Å². The number of anilines is 1. The quantitative estimate of drug-likeness (QED) is 0.858. The summed E-state index contributed by atoms with van der Waals surface area (Å²) in [4.78, 5) is 0.252. The van der Waals surface area contributed by atoms with Crippen LogP contribution in [-0.4, -0.2) is 24.1 Å². The molecule has 0 aliphatic rings. The predicted molar refractivity (Wildman–Crippen MR) is 67.6 cm³/mol. The fourth-order valence-electron chi connectivity index (χ4n) is 1.21. The van der Waals surface area contributed by atoms with Gasteiger partial charge in [-0.2, -0.15) is 0 Å². The topological polar surface area (TPSA) is 63.2 Å². The number of nitrogens with one attached hydrogen (secondary N) is 1. The van der Waals surface area contributed by atoms with Crippen molar-refractivity contribution in [2.75, 3.05) is 4.72 Å². The molecule has 0 bridgehead atoms. The van der Waals surface area contributed by atoms with E-state index >= 15 is 0 Å². The van der Waals surface area contributed by atoms with Gasteiger partial charge in [-0.3, -0.25) is 0 Å². The second-order valence-corrected chi connectivity index (χ2v) is 7.13. The Bertz CT molecular complexity index is 606. The van der Waals surface area contributed by atoms with E-state index < -0.39 is 25.7 Å². The van der Waals surface area contributed by atoms with Crippen LogP contribution in [-0.2, 0) is 13.8 Å². The molecule has 0 aliphatic heterocycles. The van der Waals surface area contributed by atoms with Gasteiger partial charge in [0, 0.05) is 0 Å². The summed E-state index contributed by atoms with van der Waals surface area (Å²) < 4.78 is 37.6. The molecule has 0 saturated carbocycles. The van der Waals surface area contributed by atoms with Crippen molar-refractivity contribution in [1.29, 1.82) is 0 Å². The van der Waals surface area contributed by atoms with Crippen molar-refractivity contribution in [3.63, 3.8) is 0 Å². The van der Waals surface area contributed by atoms with E-state index in [1.807, 2.05) is 0 Å². The molecule has 0 atom stereocenters. The third kappa shape index (κ3) is 3.03. The van der Waals surface area contributed by atoms with Crippen molar-refractivity contribution >= 4 is 47.1 Å². The van der Waals surface area contributed by atoms with Crippen LogP contribution < -0.4 is 9.07 Å². The van der Waals surface area contributed by atoms with Crippen molar-refractivity contribution in [3.8, 4) is 0 Å².